The molecule has 1 amide bonds. The Balaban J connectivity index is 1.54. The molecule has 5 heteroatoms. The lowest BCUT2D eigenvalue weighted by molar-refractivity contribution is 0.0949. The van der Waals surface area contributed by atoms with Crippen molar-refractivity contribution in [1.29, 1.82) is 0 Å². The minimum atomic E-state index is -0.386. The van der Waals surface area contributed by atoms with E-state index < -0.39 is 0 Å². The summed E-state index contributed by atoms with van der Waals surface area (Å²) in [4.78, 5) is 26.5. The zero-order valence-electron chi connectivity index (χ0n) is 14.5. The number of carbonyl (C=O) groups is 1. The molecule has 0 fully saturated rings. The molecule has 0 aliphatic carbocycles. The number of aromatic amines is 1. The summed E-state index contributed by atoms with van der Waals surface area (Å²) in [6.07, 6.45) is 0. The van der Waals surface area contributed by atoms with Gasteiger partial charge in [-0.3, -0.25) is 9.59 Å². The van der Waals surface area contributed by atoms with Crippen LogP contribution in [0.15, 0.2) is 71.5 Å². The van der Waals surface area contributed by atoms with Crippen molar-refractivity contribution in [2.75, 3.05) is 0 Å². The van der Waals surface area contributed by atoms with E-state index in [1.165, 1.54) is 6.07 Å². The van der Waals surface area contributed by atoms with Crippen LogP contribution in [0.3, 0.4) is 0 Å². The van der Waals surface area contributed by atoms with Crippen molar-refractivity contribution in [1.82, 2.24) is 10.3 Å². The molecule has 2 aromatic carbocycles. The molecule has 1 heterocycles. The van der Waals surface area contributed by atoms with E-state index >= 15 is 0 Å². The number of benzene rings is 2. The fourth-order valence-electron chi connectivity index (χ4n) is 2.47. The van der Waals surface area contributed by atoms with Gasteiger partial charge in [-0.15, -0.1) is 0 Å². The minimum Gasteiger partial charge on any atom is -0.489 e. The highest BCUT2D eigenvalue weighted by Gasteiger charge is 2.09. The van der Waals surface area contributed by atoms with E-state index in [4.69, 9.17) is 4.74 Å². The predicted octanol–water partition coefficient (Wildman–Crippen LogP) is 3.19. The zero-order valence-corrected chi connectivity index (χ0v) is 14.5. The normalized spacial score (nSPS) is 10.3. The fourth-order valence-corrected chi connectivity index (χ4v) is 2.47. The summed E-state index contributed by atoms with van der Waals surface area (Å²) in [5, 5.41) is 2.76. The van der Waals surface area contributed by atoms with Gasteiger partial charge in [0.25, 0.3) is 11.5 Å². The largest absolute Gasteiger partial charge is 0.489 e. The Morgan fingerprint density at radius 1 is 0.962 bits per heavy atom. The van der Waals surface area contributed by atoms with E-state index in [-0.39, 0.29) is 17.0 Å². The second-order valence-electron chi connectivity index (χ2n) is 5.99. The first kappa shape index (κ1) is 17.5. The first-order chi connectivity index (χ1) is 12.6. The third kappa shape index (κ3) is 4.60. The number of amides is 1. The molecule has 0 saturated heterocycles. The molecular formula is C21H20N2O3. The summed E-state index contributed by atoms with van der Waals surface area (Å²) in [6, 6.07) is 20.7. The van der Waals surface area contributed by atoms with Crippen LogP contribution in [0.1, 0.15) is 27.2 Å². The van der Waals surface area contributed by atoms with Gasteiger partial charge < -0.3 is 15.0 Å². The lowest BCUT2D eigenvalue weighted by Gasteiger charge is -2.08. The molecule has 1 aromatic heterocycles. The van der Waals surface area contributed by atoms with Crippen molar-refractivity contribution in [2.24, 2.45) is 0 Å². The van der Waals surface area contributed by atoms with E-state index in [0.29, 0.717) is 13.2 Å². The third-order valence-corrected chi connectivity index (χ3v) is 3.92. The molecule has 3 aromatic rings. The van der Waals surface area contributed by atoms with Gasteiger partial charge in [0.05, 0.1) is 0 Å². The van der Waals surface area contributed by atoms with Crippen LogP contribution in [-0.4, -0.2) is 10.9 Å². The van der Waals surface area contributed by atoms with Crippen molar-refractivity contribution >= 4 is 5.91 Å². The van der Waals surface area contributed by atoms with Crippen LogP contribution < -0.4 is 15.6 Å². The zero-order chi connectivity index (χ0) is 18.4. The fraction of sp³-hybridized carbons (Fsp3) is 0.143. The molecule has 132 valence electrons. The minimum absolute atomic E-state index is 0.114. The lowest BCUT2D eigenvalue weighted by atomic mass is 10.1. The van der Waals surface area contributed by atoms with Crippen LogP contribution in [0.4, 0.5) is 0 Å². The van der Waals surface area contributed by atoms with Gasteiger partial charge >= 0.3 is 0 Å². The lowest BCUT2D eigenvalue weighted by Crippen LogP contribution is -2.29. The second-order valence-corrected chi connectivity index (χ2v) is 5.99. The Morgan fingerprint density at radius 3 is 2.35 bits per heavy atom. The van der Waals surface area contributed by atoms with Crippen LogP contribution in [0.2, 0.25) is 0 Å². The van der Waals surface area contributed by atoms with Gasteiger partial charge in [-0.05, 0) is 42.3 Å². The summed E-state index contributed by atoms with van der Waals surface area (Å²) < 4.78 is 5.70. The molecule has 0 aliphatic rings. The van der Waals surface area contributed by atoms with Crippen LogP contribution in [0, 0.1) is 6.92 Å². The maximum Gasteiger partial charge on any atom is 0.260 e. The van der Waals surface area contributed by atoms with Crippen LogP contribution in [-0.2, 0) is 13.2 Å². The topological polar surface area (TPSA) is 71.2 Å². The number of aryl methyl sites for hydroxylation is 1. The number of para-hydroxylation sites is 1. The Morgan fingerprint density at radius 2 is 1.65 bits per heavy atom. The monoisotopic (exact) mass is 348 g/mol. The van der Waals surface area contributed by atoms with Crippen molar-refractivity contribution in [3.8, 4) is 5.75 Å². The predicted molar refractivity (Wildman–Crippen MR) is 100 cm³/mol. The molecule has 0 radical (unpaired) electrons. The molecule has 0 aliphatic heterocycles. The summed E-state index contributed by atoms with van der Waals surface area (Å²) >= 11 is 0. The molecule has 2 N–H and O–H groups in total. The summed E-state index contributed by atoms with van der Waals surface area (Å²) in [7, 11) is 0. The number of aromatic nitrogens is 1. The highest BCUT2D eigenvalue weighted by molar-refractivity contribution is 5.93. The smallest absolute Gasteiger partial charge is 0.260 e. The number of ether oxygens (including phenoxy) is 1. The first-order valence-corrected chi connectivity index (χ1v) is 8.35. The van der Waals surface area contributed by atoms with E-state index in [1.807, 2.05) is 54.6 Å². The average molecular weight is 348 g/mol. The Bertz CT molecular complexity index is 931. The molecule has 0 bridgehead atoms. The third-order valence-electron chi connectivity index (χ3n) is 3.92. The second kappa shape index (κ2) is 8.16. The van der Waals surface area contributed by atoms with Gasteiger partial charge in [0, 0.05) is 12.2 Å². The van der Waals surface area contributed by atoms with Crippen molar-refractivity contribution in [3.05, 3.63) is 99.5 Å². The molecule has 5 nitrogen and oxygen atoms in total. The quantitative estimate of drug-likeness (QED) is 0.719. The van der Waals surface area contributed by atoms with E-state index in [1.54, 1.807) is 13.0 Å². The van der Waals surface area contributed by atoms with Crippen molar-refractivity contribution in [3.63, 3.8) is 0 Å². The van der Waals surface area contributed by atoms with E-state index in [2.05, 4.69) is 10.3 Å². The van der Waals surface area contributed by atoms with Crippen molar-refractivity contribution < 1.29 is 9.53 Å². The molecule has 0 saturated carbocycles. The number of H-pyrrole nitrogens is 1. The first-order valence-electron chi connectivity index (χ1n) is 8.35. The van der Waals surface area contributed by atoms with Gasteiger partial charge in [-0.1, -0.05) is 42.5 Å². The maximum absolute atomic E-state index is 12.1. The standard InChI is InChI=1S/C21H20N2O3/c1-15-7-12-19(21(25)23-15)20(24)22-13-16-8-10-17(11-9-16)14-26-18-5-3-2-4-6-18/h2-12H,13-14H2,1H3,(H,22,24)(H,23,25). The highest BCUT2D eigenvalue weighted by Crippen LogP contribution is 2.12. The Kier molecular flexibility index (Phi) is 5.49. The molecule has 3 rings (SSSR count). The average Bonchev–Trinajstić information content (AvgIpc) is 2.66. The number of rotatable bonds is 6. The number of hydrogen-bond acceptors (Lipinski definition) is 3. The SMILES string of the molecule is Cc1ccc(C(=O)NCc2ccc(COc3ccccc3)cc2)c(=O)[nH]1. The number of nitrogens with one attached hydrogen (secondary N) is 2. The van der Waals surface area contributed by atoms with Gasteiger partial charge in [0.1, 0.15) is 17.9 Å². The Labute approximate surface area is 151 Å². The number of pyridine rings is 1. The summed E-state index contributed by atoms with van der Waals surface area (Å²) in [5.41, 5.74) is 2.45. The summed E-state index contributed by atoms with van der Waals surface area (Å²) in [6.45, 7) is 2.60. The van der Waals surface area contributed by atoms with Gasteiger partial charge in [-0.2, -0.15) is 0 Å². The molecule has 0 atom stereocenters. The number of carbonyl (C=O) groups excluding carboxylic acids is 1. The van der Waals surface area contributed by atoms with Gasteiger partial charge in [0.2, 0.25) is 0 Å². The van der Waals surface area contributed by atoms with Crippen LogP contribution in [0.25, 0.3) is 0 Å². The van der Waals surface area contributed by atoms with E-state index in [9.17, 15) is 9.59 Å². The van der Waals surface area contributed by atoms with Gasteiger partial charge in [-0.25, -0.2) is 0 Å². The summed E-state index contributed by atoms with van der Waals surface area (Å²) in [5.74, 6) is 0.440. The Hall–Kier alpha value is -3.34. The number of hydrogen-bond donors (Lipinski definition) is 2. The van der Waals surface area contributed by atoms with E-state index in [0.717, 1.165) is 22.6 Å². The van der Waals surface area contributed by atoms with Crippen molar-refractivity contribution in [2.45, 2.75) is 20.1 Å². The molecule has 0 spiro atoms. The maximum atomic E-state index is 12.1. The molecule has 26 heavy (non-hydrogen) atoms. The molecular weight excluding hydrogens is 328 g/mol. The van der Waals surface area contributed by atoms with Crippen LogP contribution in [0.5, 0.6) is 5.75 Å². The molecule has 0 unspecified atom stereocenters. The van der Waals surface area contributed by atoms with Gasteiger partial charge in [0.15, 0.2) is 0 Å². The highest BCUT2D eigenvalue weighted by atomic mass is 16.5. The van der Waals surface area contributed by atoms with Crippen LogP contribution >= 0.6 is 0 Å².